The van der Waals surface area contributed by atoms with E-state index >= 15 is 4.39 Å². The normalized spacial score (nSPS) is 14.2. The summed E-state index contributed by atoms with van der Waals surface area (Å²) < 4.78 is 16.1. The Labute approximate surface area is 221 Å². The van der Waals surface area contributed by atoms with Crippen molar-refractivity contribution in [2.24, 2.45) is 5.92 Å². The number of pyridine rings is 3. The van der Waals surface area contributed by atoms with Gasteiger partial charge in [0.1, 0.15) is 11.5 Å². The van der Waals surface area contributed by atoms with Gasteiger partial charge < -0.3 is 10.3 Å². The first-order valence-corrected chi connectivity index (χ1v) is 13.7. The summed E-state index contributed by atoms with van der Waals surface area (Å²) >= 11 is 1.64. The number of aromatic amines is 2. The van der Waals surface area contributed by atoms with Crippen LogP contribution in [0.15, 0.2) is 54.4 Å². The van der Waals surface area contributed by atoms with Crippen molar-refractivity contribution in [3.05, 3.63) is 65.8 Å². The van der Waals surface area contributed by atoms with E-state index in [-0.39, 0.29) is 11.0 Å². The molecule has 6 heterocycles. The van der Waals surface area contributed by atoms with Gasteiger partial charge in [0, 0.05) is 52.9 Å². The molecule has 0 radical (unpaired) electrons. The highest BCUT2D eigenvalue weighted by Gasteiger charge is 2.21. The van der Waals surface area contributed by atoms with Gasteiger partial charge in [-0.15, -0.1) is 11.3 Å². The first-order valence-electron chi connectivity index (χ1n) is 12.8. The summed E-state index contributed by atoms with van der Waals surface area (Å²) in [6.45, 7) is 1.70. The van der Waals surface area contributed by atoms with Crippen molar-refractivity contribution in [2.45, 2.75) is 32.2 Å². The highest BCUT2D eigenvalue weighted by molar-refractivity contribution is 7.13. The van der Waals surface area contributed by atoms with Gasteiger partial charge in [-0.05, 0) is 54.4 Å². The second kappa shape index (κ2) is 9.70. The molecule has 7 rings (SSSR count). The average molecular weight is 525 g/mol. The van der Waals surface area contributed by atoms with E-state index in [0.29, 0.717) is 34.8 Å². The summed E-state index contributed by atoms with van der Waals surface area (Å²) in [5, 5.41) is 13.0. The summed E-state index contributed by atoms with van der Waals surface area (Å²) in [5.74, 6) is 0.799. The second-order valence-corrected chi connectivity index (χ2v) is 10.7. The Bertz CT molecular complexity index is 1730. The molecule has 38 heavy (non-hydrogen) atoms. The number of hydrogen-bond donors (Lipinski definition) is 3. The maximum atomic E-state index is 16.1. The predicted molar refractivity (Wildman–Crippen MR) is 147 cm³/mol. The van der Waals surface area contributed by atoms with E-state index in [0.717, 1.165) is 34.0 Å². The van der Waals surface area contributed by atoms with Crippen LogP contribution >= 0.6 is 11.3 Å². The molecule has 0 amide bonds. The van der Waals surface area contributed by atoms with Gasteiger partial charge in [-0.25, -0.2) is 19.3 Å². The van der Waals surface area contributed by atoms with Gasteiger partial charge in [-0.3, -0.25) is 10.1 Å². The molecule has 1 aliphatic rings. The molecule has 1 aliphatic carbocycles. The molecular formula is C28H25FN8S. The van der Waals surface area contributed by atoms with Crippen LogP contribution in [0, 0.1) is 11.7 Å². The lowest BCUT2D eigenvalue weighted by atomic mass is 10.0. The zero-order valence-electron chi connectivity index (χ0n) is 20.5. The SMILES string of the molecule is Fc1c(-c2cncc(CNCC3CCCC3)c2)cnc2n[nH]c(-c3nc4nccc(-c5cccs5)c4[nH]3)c12. The third kappa shape index (κ3) is 4.15. The standard InChI is InChI=1S/C28H25FN8S/c29-23-20(18-10-17(13-31-14-18)12-30-11-16-4-1-2-5-16)15-33-26-22(23)25(36-37-26)28-34-24-19(21-6-3-9-38-21)7-8-32-27(24)35-28/h3,6-10,13-16,30H,1-2,4-5,11-12H2,(H,32,34,35)(H,33,36,37). The minimum absolute atomic E-state index is 0.281. The molecule has 0 bridgehead atoms. The summed E-state index contributed by atoms with van der Waals surface area (Å²) in [5.41, 5.74) is 5.13. The molecule has 190 valence electrons. The summed E-state index contributed by atoms with van der Waals surface area (Å²) in [6.07, 6.45) is 12.0. The average Bonchev–Trinajstić information content (AvgIpc) is 3.75. The summed E-state index contributed by atoms with van der Waals surface area (Å²) in [6, 6.07) is 7.97. The molecule has 0 aromatic carbocycles. The summed E-state index contributed by atoms with van der Waals surface area (Å²) in [7, 11) is 0. The predicted octanol–water partition coefficient (Wildman–Crippen LogP) is 6.11. The van der Waals surface area contributed by atoms with Gasteiger partial charge in [0.25, 0.3) is 0 Å². The first-order chi connectivity index (χ1) is 18.7. The number of fused-ring (bicyclic) bond motifs is 2. The Morgan fingerprint density at radius 2 is 1.97 bits per heavy atom. The van der Waals surface area contributed by atoms with Crippen LogP contribution in [0.5, 0.6) is 0 Å². The number of nitrogens with zero attached hydrogens (tertiary/aromatic N) is 5. The molecule has 0 aliphatic heterocycles. The molecular weight excluding hydrogens is 499 g/mol. The van der Waals surface area contributed by atoms with Crippen LogP contribution in [-0.2, 0) is 6.54 Å². The number of imidazole rings is 1. The fraction of sp³-hybridized carbons (Fsp3) is 0.250. The van der Waals surface area contributed by atoms with Gasteiger partial charge >= 0.3 is 0 Å². The van der Waals surface area contributed by atoms with Crippen LogP contribution in [0.25, 0.3) is 55.3 Å². The van der Waals surface area contributed by atoms with Crippen LogP contribution < -0.4 is 5.32 Å². The lowest BCUT2D eigenvalue weighted by molar-refractivity contribution is 0.489. The quantitative estimate of drug-likeness (QED) is 0.233. The number of aromatic nitrogens is 7. The van der Waals surface area contributed by atoms with E-state index in [1.165, 1.54) is 31.9 Å². The molecule has 10 heteroatoms. The Morgan fingerprint density at radius 3 is 2.84 bits per heavy atom. The lowest BCUT2D eigenvalue weighted by Crippen LogP contribution is -2.20. The molecule has 0 saturated heterocycles. The number of nitrogens with one attached hydrogen (secondary N) is 3. The van der Waals surface area contributed by atoms with Crippen molar-refractivity contribution in [2.75, 3.05) is 6.54 Å². The largest absolute Gasteiger partial charge is 0.335 e. The number of rotatable bonds is 7. The minimum atomic E-state index is -0.413. The van der Waals surface area contributed by atoms with Gasteiger partial charge in [0.05, 0.1) is 10.9 Å². The monoisotopic (exact) mass is 524 g/mol. The van der Waals surface area contributed by atoms with E-state index in [4.69, 9.17) is 0 Å². The molecule has 0 unspecified atom stereocenters. The van der Waals surface area contributed by atoms with Crippen molar-refractivity contribution in [1.29, 1.82) is 0 Å². The smallest absolute Gasteiger partial charge is 0.184 e. The second-order valence-electron chi connectivity index (χ2n) is 9.77. The molecule has 0 atom stereocenters. The van der Waals surface area contributed by atoms with Crippen LogP contribution in [0.3, 0.4) is 0 Å². The number of halogens is 1. The van der Waals surface area contributed by atoms with E-state index < -0.39 is 5.82 Å². The van der Waals surface area contributed by atoms with Gasteiger partial charge in [-0.2, -0.15) is 5.10 Å². The van der Waals surface area contributed by atoms with Crippen molar-refractivity contribution < 1.29 is 4.39 Å². The van der Waals surface area contributed by atoms with Gasteiger partial charge in [-0.1, -0.05) is 18.9 Å². The van der Waals surface area contributed by atoms with Crippen LogP contribution in [0.4, 0.5) is 4.39 Å². The molecule has 0 spiro atoms. The van der Waals surface area contributed by atoms with E-state index in [2.05, 4.69) is 40.4 Å². The fourth-order valence-electron chi connectivity index (χ4n) is 5.36. The van der Waals surface area contributed by atoms with Crippen molar-refractivity contribution in [3.8, 4) is 33.1 Å². The van der Waals surface area contributed by atoms with Crippen molar-refractivity contribution in [3.63, 3.8) is 0 Å². The Balaban J connectivity index is 1.23. The number of thiophene rings is 1. The third-order valence-corrected chi connectivity index (χ3v) is 8.18. The zero-order chi connectivity index (χ0) is 25.5. The minimum Gasteiger partial charge on any atom is -0.335 e. The number of hydrogen-bond acceptors (Lipinski definition) is 7. The van der Waals surface area contributed by atoms with Gasteiger partial charge in [0.15, 0.2) is 17.1 Å². The van der Waals surface area contributed by atoms with Crippen LogP contribution in [-0.4, -0.2) is 41.7 Å². The van der Waals surface area contributed by atoms with Crippen LogP contribution in [0.1, 0.15) is 31.2 Å². The van der Waals surface area contributed by atoms with E-state index in [1.54, 1.807) is 23.7 Å². The fourth-order valence-corrected chi connectivity index (χ4v) is 6.11. The zero-order valence-corrected chi connectivity index (χ0v) is 21.4. The van der Waals surface area contributed by atoms with Gasteiger partial charge in [0.2, 0.25) is 0 Å². The van der Waals surface area contributed by atoms with Crippen LogP contribution in [0.2, 0.25) is 0 Å². The van der Waals surface area contributed by atoms with Crippen molar-refractivity contribution in [1.82, 2.24) is 40.4 Å². The molecule has 8 nitrogen and oxygen atoms in total. The molecule has 1 fully saturated rings. The Hall–Kier alpha value is -4.02. The topological polar surface area (TPSA) is 108 Å². The molecule has 6 aromatic rings. The first kappa shape index (κ1) is 23.1. The number of H-pyrrole nitrogens is 2. The molecule has 3 N–H and O–H groups in total. The highest BCUT2D eigenvalue weighted by atomic mass is 32.1. The molecule has 1 saturated carbocycles. The maximum Gasteiger partial charge on any atom is 0.184 e. The molecule has 6 aromatic heterocycles. The third-order valence-electron chi connectivity index (χ3n) is 7.28. The lowest BCUT2D eigenvalue weighted by Gasteiger charge is -2.11. The Kier molecular flexibility index (Phi) is 5.90. The van der Waals surface area contributed by atoms with E-state index in [9.17, 15) is 0 Å². The summed E-state index contributed by atoms with van der Waals surface area (Å²) in [4.78, 5) is 22.3. The highest BCUT2D eigenvalue weighted by Crippen LogP contribution is 2.35. The maximum absolute atomic E-state index is 16.1. The van der Waals surface area contributed by atoms with E-state index in [1.807, 2.05) is 35.8 Å². The van der Waals surface area contributed by atoms with Crippen molar-refractivity contribution >= 4 is 33.5 Å². The Morgan fingerprint density at radius 1 is 1.05 bits per heavy atom.